The second-order valence-electron chi connectivity index (χ2n) is 7.21. The number of benzene rings is 1. The molecule has 1 aromatic heterocycles. The number of aromatic nitrogens is 1. The summed E-state index contributed by atoms with van der Waals surface area (Å²) >= 11 is 0. The van der Waals surface area contributed by atoms with Gasteiger partial charge < -0.3 is 5.32 Å². The van der Waals surface area contributed by atoms with Gasteiger partial charge in [-0.3, -0.25) is 19.1 Å². The molecule has 1 aromatic carbocycles. The van der Waals surface area contributed by atoms with E-state index in [9.17, 15) is 22.8 Å². The predicted molar refractivity (Wildman–Crippen MR) is 104 cm³/mol. The van der Waals surface area contributed by atoms with Crippen molar-refractivity contribution < 1.29 is 18.0 Å². The van der Waals surface area contributed by atoms with Gasteiger partial charge in [0.1, 0.15) is 5.56 Å². The van der Waals surface area contributed by atoms with Gasteiger partial charge in [0.2, 0.25) is 0 Å². The summed E-state index contributed by atoms with van der Waals surface area (Å²) in [6, 6.07) is 7.74. The number of pyridine rings is 1. The number of carbonyl (C=O) groups excluding carboxylic acids is 1. The molecule has 5 nitrogen and oxygen atoms in total. The number of likely N-dealkylation sites (N-methyl/N-ethyl adjacent to an activating group) is 1. The number of likely N-dealkylation sites (tertiary alicyclic amines) is 1. The van der Waals surface area contributed by atoms with Crippen LogP contribution in [0.1, 0.15) is 41.4 Å². The number of hydrogen-bond acceptors (Lipinski definition) is 3. The van der Waals surface area contributed by atoms with Crippen molar-refractivity contribution in [2.45, 2.75) is 38.9 Å². The summed E-state index contributed by atoms with van der Waals surface area (Å²) in [6.45, 7) is 6.00. The fourth-order valence-corrected chi connectivity index (χ4v) is 3.79. The van der Waals surface area contributed by atoms with Crippen LogP contribution in [0.2, 0.25) is 0 Å². The molecule has 156 valence electrons. The number of nitrogens with one attached hydrogen (secondary N) is 1. The minimum Gasteiger partial charge on any atom is -0.350 e. The molecule has 1 aliphatic rings. The first-order chi connectivity index (χ1) is 13.7. The first-order valence-corrected chi connectivity index (χ1v) is 9.65. The number of nitrogens with zero attached hydrogens (tertiary/aromatic N) is 2. The van der Waals surface area contributed by atoms with Crippen LogP contribution in [0.15, 0.2) is 41.2 Å². The summed E-state index contributed by atoms with van der Waals surface area (Å²) < 4.78 is 40.3. The standard InChI is InChI=1S/C21H24F3N3O2/c1-3-26-11-5-8-17(26)13-25-19(28)18-10-9-14(2)27(20(18)29)16-7-4-6-15(12-16)21(22,23)24/h4,6-7,9-10,12,17H,3,5,8,11,13H2,1-2H3,(H,25,28)/t17-/m1/s1. The van der Waals surface area contributed by atoms with E-state index in [-0.39, 0.29) is 17.3 Å². The van der Waals surface area contributed by atoms with Gasteiger partial charge in [-0.1, -0.05) is 13.0 Å². The highest BCUT2D eigenvalue weighted by Gasteiger charge is 2.31. The van der Waals surface area contributed by atoms with Crippen molar-refractivity contribution in [3.63, 3.8) is 0 Å². The van der Waals surface area contributed by atoms with Crippen LogP contribution < -0.4 is 10.9 Å². The number of aryl methyl sites for hydroxylation is 1. The van der Waals surface area contributed by atoms with E-state index in [1.54, 1.807) is 13.0 Å². The first kappa shape index (κ1) is 21.1. The molecule has 3 rings (SSSR count). The molecule has 29 heavy (non-hydrogen) atoms. The Morgan fingerprint density at radius 2 is 2.00 bits per heavy atom. The average Bonchev–Trinajstić information content (AvgIpc) is 3.13. The molecular formula is C21H24F3N3O2. The molecule has 1 aliphatic heterocycles. The SMILES string of the molecule is CCN1CCC[C@@H]1CNC(=O)c1ccc(C)n(-c2cccc(C(F)(F)F)c2)c1=O. The Kier molecular flexibility index (Phi) is 6.12. The number of rotatable bonds is 5. The molecule has 1 fully saturated rings. The van der Waals surface area contributed by atoms with E-state index in [1.807, 2.05) is 0 Å². The molecule has 0 radical (unpaired) electrons. The highest BCUT2D eigenvalue weighted by Crippen LogP contribution is 2.30. The molecule has 1 atom stereocenters. The Balaban J connectivity index is 1.88. The molecule has 1 N–H and O–H groups in total. The summed E-state index contributed by atoms with van der Waals surface area (Å²) in [5, 5.41) is 2.81. The predicted octanol–water partition coefficient (Wildman–Crippen LogP) is 3.38. The fourth-order valence-electron chi connectivity index (χ4n) is 3.79. The maximum atomic E-state index is 13.0. The number of carbonyl (C=O) groups is 1. The van der Waals surface area contributed by atoms with Gasteiger partial charge in [0.15, 0.2) is 0 Å². The normalized spacial score (nSPS) is 17.5. The molecule has 0 saturated carbocycles. The van der Waals surface area contributed by atoms with Crippen molar-refractivity contribution in [2.24, 2.45) is 0 Å². The van der Waals surface area contributed by atoms with E-state index < -0.39 is 23.2 Å². The number of hydrogen-bond donors (Lipinski definition) is 1. The third-order valence-electron chi connectivity index (χ3n) is 5.36. The molecular weight excluding hydrogens is 383 g/mol. The first-order valence-electron chi connectivity index (χ1n) is 9.65. The Morgan fingerprint density at radius 3 is 2.69 bits per heavy atom. The quantitative estimate of drug-likeness (QED) is 0.827. The van der Waals surface area contributed by atoms with Gasteiger partial charge in [-0.25, -0.2) is 0 Å². The average molecular weight is 407 g/mol. The van der Waals surface area contributed by atoms with E-state index in [2.05, 4.69) is 17.1 Å². The molecule has 0 spiro atoms. The van der Waals surface area contributed by atoms with E-state index >= 15 is 0 Å². The molecule has 2 aromatic rings. The van der Waals surface area contributed by atoms with E-state index in [0.717, 1.165) is 42.6 Å². The van der Waals surface area contributed by atoms with Crippen LogP contribution in [0.25, 0.3) is 5.69 Å². The highest BCUT2D eigenvalue weighted by molar-refractivity contribution is 5.93. The maximum Gasteiger partial charge on any atom is 0.416 e. The molecule has 0 unspecified atom stereocenters. The lowest BCUT2D eigenvalue weighted by Gasteiger charge is -2.23. The topological polar surface area (TPSA) is 54.3 Å². The van der Waals surface area contributed by atoms with Crippen molar-refractivity contribution >= 4 is 5.91 Å². The molecule has 1 saturated heterocycles. The van der Waals surface area contributed by atoms with Crippen LogP contribution in [0.4, 0.5) is 13.2 Å². The lowest BCUT2D eigenvalue weighted by molar-refractivity contribution is -0.137. The Bertz CT molecular complexity index is 953. The van der Waals surface area contributed by atoms with Crippen LogP contribution in [-0.4, -0.2) is 41.1 Å². The van der Waals surface area contributed by atoms with Crippen LogP contribution in [0.3, 0.4) is 0 Å². The molecule has 1 amide bonds. The zero-order valence-electron chi connectivity index (χ0n) is 16.4. The van der Waals surface area contributed by atoms with Crippen molar-refractivity contribution in [3.05, 3.63) is 63.6 Å². The number of halogens is 3. The maximum absolute atomic E-state index is 13.0. The minimum absolute atomic E-state index is 0.0740. The third kappa shape index (κ3) is 4.53. The zero-order chi connectivity index (χ0) is 21.2. The lowest BCUT2D eigenvalue weighted by Crippen LogP contribution is -2.41. The minimum atomic E-state index is -4.52. The lowest BCUT2D eigenvalue weighted by atomic mass is 10.1. The largest absolute Gasteiger partial charge is 0.416 e. The van der Waals surface area contributed by atoms with E-state index in [4.69, 9.17) is 0 Å². The van der Waals surface area contributed by atoms with Gasteiger partial charge >= 0.3 is 6.18 Å². The van der Waals surface area contributed by atoms with E-state index in [0.29, 0.717) is 12.2 Å². The van der Waals surface area contributed by atoms with Gasteiger partial charge in [-0.15, -0.1) is 0 Å². The van der Waals surface area contributed by atoms with Crippen LogP contribution in [-0.2, 0) is 6.18 Å². The van der Waals surface area contributed by atoms with Gasteiger partial charge in [-0.05, 0) is 63.2 Å². The van der Waals surface area contributed by atoms with Gasteiger partial charge in [0.25, 0.3) is 11.5 Å². The Morgan fingerprint density at radius 1 is 1.24 bits per heavy atom. The molecule has 2 heterocycles. The van der Waals surface area contributed by atoms with Crippen molar-refractivity contribution in [3.8, 4) is 5.69 Å². The van der Waals surface area contributed by atoms with Gasteiger partial charge in [-0.2, -0.15) is 13.2 Å². The Labute approximate surface area is 167 Å². The van der Waals surface area contributed by atoms with Crippen LogP contribution in [0.5, 0.6) is 0 Å². The number of amides is 1. The molecule has 0 aliphatic carbocycles. The molecule has 8 heteroatoms. The van der Waals surface area contributed by atoms with Crippen molar-refractivity contribution in [2.75, 3.05) is 19.6 Å². The number of alkyl halides is 3. The van der Waals surface area contributed by atoms with Crippen LogP contribution in [0, 0.1) is 6.92 Å². The van der Waals surface area contributed by atoms with Crippen molar-refractivity contribution in [1.82, 2.24) is 14.8 Å². The van der Waals surface area contributed by atoms with Crippen LogP contribution >= 0.6 is 0 Å². The summed E-state index contributed by atoms with van der Waals surface area (Å²) in [7, 11) is 0. The highest BCUT2D eigenvalue weighted by atomic mass is 19.4. The monoisotopic (exact) mass is 407 g/mol. The second-order valence-corrected chi connectivity index (χ2v) is 7.21. The summed E-state index contributed by atoms with van der Waals surface area (Å²) in [4.78, 5) is 27.8. The smallest absolute Gasteiger partial charge is 0.350 e. The van der Waals surface area contributed by atoms with Gasteiger partial charge in [0.05, 0.1) is 5.56 Å². The summed E-state index contributed by atoms with van der Waals surface area (Å²) in [6.07, 6.45) is -2.47. The molecule has 0 bridgehead atoms. The fraction of sp³-hybridized carbons (Fsp3) is 0.429. The van der Waals surface area contributed by atoms with Crippen molar-refractivity contribution in [1.29, 1.82) is 0 Å². The zero-order valence-corrected chi connectivity index (χ0v) is 16.4. The van der Waals surface area contributed by atoms with E-state index in [1.165, 1.54) is 18.2 Å². The third-order valence-corrected chi connectivity index (χ3v) is 5.36. The second kappa shape index (κ2) is 8.41. The summed E-state index contributed by atoms with van der Waals surface area (Å²) in [5.41, 5.74) is -1.06. The Hall–Kier alpha value is -2.61. The summed E-state index contributed by atoms with van der Waals surface area (Å²) in [5.74, 6) is -0.515. The van der Waals surface area contributed by atoms with Gasteiger partial charge in [0, 0.05) is 24.0 Å².